The molecule has 0 aliphatic heterocycles. The van der Waals surface area contributed by atoms with Gasteiger partial charge in [-0.15, -0.1) is 0 Å². The van der Waals surface area contributed by atoms with Crippen molar-refractivity contribution in [2.24, 2.45) is 0 Å². The van der Waals surface area contributed by atoms with E-state index in [1.54, 1.807) is 6.08 Å². The number of hydrogen-bond acceptors (Lipinski definition) is 5. The zero-order valence-corrected chi connectivity index (χ0v) is 39.5. The Morgan fingerprint density at radius 1 is 0.579 bits per heavy atom. The van der Waals surface area contributed by atoms with Crippen LogP contribution in [-0.4, -0.2) is 73.4 Å². The van der Waals surface area contributed by atoms with Gasteiger partial charge in [0.25, 0.3) is 0 Å². The summed E-state index contributed by atoms with van der Waals surface area (Å²) in [5, 5.41) is 13.9. The SMILES string of the molecule is CCCCCCCCCCCCCCCC/C=C/[C@@H](O)[C@H](COP(=O)(O)OCC[N+](C)(C)C)NC(=O)CCCCCCCCCCCCCCCCCCCCC. The number of carbonyl (C=O) groups excluding carboxylic acids is 1. The lowest BCUT2D eigenvalue weighted by molar-refractivity contribution is -0.870. The largest absolute Gasteiger partial charge is 0.472 e. The maximum absolute atomic E-state index is 12.9. The van der Waals surface area contributed by atoms with Gasteiger partial charge in [0.05, 0.1) is 39.9 Å². The lowest BCUT2D eigenvalue weighted by atomic mass is 10.0. The summed E-state index contributed by atoms with van der Waals surface area (Å²) in [6, 6.07) is -0.840. The van der Waals surface area contributed by atoms with Crippen LogP contribution in [0.4, 0.5) is 0 Å². The van der Waals surface area contributed by atoms with Crippen molar-refractivity contribution in [2.45, 2.75) is 251 Å². The molecule has 0 heterocycles. The van der Waals surface area contributed by atoms with E-state index in [0.29, 0.717) is 17.4 Å². The second kappa shape index (κ2) is 40.6. The molecule has 0 aliphatic rings. The van der Waals surface area contributed by atoms with Crippen molar-refractivity contribution in [2.75, 3.05) is 40.9 Å². The third-order valence-electron chi connectivity index (χ3n) is 11.3. The summed E-state index contributed by atoms with van der Waals surface area (Å²) in [7, 11) is 1.58. The predicted molar refractivity (Wildman–Crippen MR) is 245 cm³/mol. The molecule has 1 unspecified atom stereocenters. The lowest BCUT2D eigenvalue weighted by Crippen LogP contribution is -2.45. The average molecular weight is 830 g/mol. The first-order valence-corrected chi connectivity index (χ1v) is 26.1. The molecule has 0 aromatic heterocycles. The van der Waals surface area contributed by atoms with Crippen molar-refractivity contribution in [1.82, 2.24) is 5.32 Å². The molecule has 0 fully saturated rings. The van der Waals surface area contributed by atoms with Gasteiger partial charge in [0, 0.05) is 6.42 Å². The third kappa shape index (κ3) is 43.1. The van der Waals surface area contributed by atoms with E-state index in [2.05, 4.69) is 19.2 Å². The zero-order chi connectivity index (χ0) is 42.1. The number of aliphatic hydroxyl groups excluding tert-OH is 1. The Balaban J connectivity index is 4.31. The first-order valence-electron chi connectivity index (χ1n) is 24.6. The number of phosphoric ester groups is 1. The smallest absolute Gasteiger partial charge is 0.387 e. The number of unbranched alkanes of at least 4 members (excludes halogenated alkanes) is 32. The van der Waals surface area contributed by atoms with Crippen LogP contribution in [0.2, 0.25) is 0 Å². The second-order valence-corrected chi connectivity index (χ2v) is 19.7. The average Bonchev–Trinajstić information content (AvgIpc) is 3.16. The van der Waals surface area contributed by atoms with Gasteiger partial charge in [-0.05, 0) is 19.3 Å². The molecular weight excluding hydrogens is 732 g/mol. The highest BCUT2D eigenvalue weighted by molar-refractivity contribution is 7.47. The molecule has 0 aromatic carbocycles. The summed E-state index contributed by atoms with van der Waals surface area (Å²) in [4.78, 5) is 23.2. The predicted octanol–water partition coefficient (Wildman–Crippen LogP) is 13.9. The number of hydrogen-bond donors (Lipinski definition) is 3. The Morgan fingerprint density at radius 3 is 1.30 bits per heavy atom. The van der Waals surface area contributed by atoms with Gasteiger partial charge in [-0.3, -0.25) is 13.8 Å². The summed E-state index contributed by atoms with van der Waals surface area (Å²) >= 11 is 0. The monoisotopic (exact) mass is 830 g/mol. The van der Waals surface area contributed by atoms with Crippen LogP contribution in [0.25, 0.3) is 0 Å². The Labute approximate surface area is 354 Å². The molecule has 0 saturated carbocycles. The van der Waals surface area contributed by atoms with E-state index < -0.39 is 20.0 Å². The quantitative estimate of drug-likeness (QED) is 0.0244. The van der Waals surface area contributed by atoms with Gasteiger partial charge < -0.3 is 19.8 Å². The van der Waals surface area contributed by atoms with Crippen LogP contribution in [0.5, 0.6) is 0 Å². The van der Waals surface area contributed by atoms with Crippen molar-refractivity contribution in [3.63, 3.8) is 0 Å². The van der Waals surface area contributed by atoms with E-state index in [9.17, 15) is 19.4 Å². The molecule has 0 aromatic rings. The fourth-order valence-corrected chi connectivity index (χ4v) is 8.07. The van der Waals surface area contributed by atoms with Crippen molar-refractivity contribution >= 4 is 13.7 Å². The number of allylic oxidation sites excluding steroid dienone is 1. The van der Waals surface area contributed by atoms with Gasteiger partial charge in [0.15, 0.2) is 0 Å². The van der Waals surface area contributed by atoms with Crippen LogP contribution in [0.1, 0.15) is 239 Å². The van der Waals surface area contributed by atoms with E-state index in [-0.39, 0.29) is 19.1 Å². The molecule has 0 spiro atoms. The third-order valence-corrected chi connectivity index (χ3v) is 12.2. The summed E-state index contributed by atoms with van der Waals surface area (Å²) < 4.78 is 23.6. The molecule has 9 heteroatoms. The molecule has 3 atom stereocenters. The highest BCUT2D eigenvalue weighted by Crippen LogP contribution is 2.43. The Bertz CT molecular complexity index is 942. The summed E-state index contributed by atoms with van der Waals surface area (Å²) in [5.41, 5.74) is 0. The highest BCUT2D eigenvalue weighted by Gasteiger charge is 2.27. The number of rotatable bonds is 45. The molecule has 0 bridgehead atoms. The van der Waals surface area contributed by atoms with Gasteiger partial charge in [0.1, 0.15) is 13.2 Å². The number of nitrogens with zero attached hydrogens (tertiary/aromatic N) is 1. The molecule has 57 heavy (non-hydrogen) atoms. The zero-order valence-electron chi connectivity index (χ0n) is 38.6. The van der Waals surface area contributed by atoms with E-state index in [1.807, 2.05) is 27.2 Å². The standard InChI is InChI=1S/C48H97N2O6P/c1-6-8-10-12-14-16-18-20-22-24-25-26-28-30-32-34-36-38-40-42-48(52)49-46(45-56-57(53,54)55-44-43-50(3,4)5)47(51)41-39-37-35-33-31-29-27-23-21-19-17-15-13-11-9-7-2/h39,41,46-47,51H,6-38,40,42-45H2,1-5H3,(H-,49,52,53,54)/p+1/b41-39+/t46-,47+/m0/s1. The van der Waals surface area contributed by atoms with Gasteiger partial charge in [-0.1, -0.05) is 225 Å². The van der Waals surface area contributed by atoms with Crippen LogP contribution >= 0.6 is 7.82 Å². The topological polar surface area (TPSA) is 105 Å². The van der Waals surface area contributed by atoms with E-state index in [4.69, 9.17) is 9.05 Å². The molecule has 0 saturated heterocycles. The number of amides is 1. The van der Waals surface area contributed by atoms with Crippen LogP contribution in [0.3, 0.4) is 0 Å². The Morgan fingerprint density at radius 2 is 0.930 bits per heavy atom. The normalized spacial score (nSPS) is 14.3. The van der Waals surface area contributed by atoms with Crippen LogP contribution in [-0.2, 0) is 18.4 Å². The lowest BCUT2D eigenvalue weighted by Gasteiger charge is -2.25. The van der Waals surface area contributed by atoms with Gasteiger partial charge in [-0.25, -0.2) is 4.57 Å². The van der Waals surface area contributed by atoms with E-state index in [1.165, 1.54) is 186 Å². The van der Waals surface area contributed by atoms with Crippen molar-refractivity contribution in [3.05, 3.63) is 12.2 Å². The summed E-state index contributed by atoms with van der Waals surface area (Å²) in [6.07, 6.45) is 47.1. The number of carbonyl (C=O) groups is 1. The fraction of sp³-hybridized carbons (Fsp3) is 0.938. The first kappa shape index (κ1) is 56.2. The van der Waals surface area contributed by atoms with Crippen molar-refractivity contribution in [3.8, 4) is 0 Å². The molecule has 3 N–H and O–H groups in total. The minimum atomic E-state index is -4.33. The number of phosphoric acid groups is 1. The first-order chi connectivity index (χ1) is 27.5. The number of likely N-dealkylation sites (N-methyl/N-ethyl adjacent to an activating group) is 1. The minimum absolute atomic E-state index is 0.0648. The van der Waals surface area contributed by atoms with E-state index in [0.717, 1.165) is 32.1 Å². The maximum Gasteiger partial charge on any atom is 0.472 e. The van der Waals surface area contributed by atoms with Gasteiger partial charge in [-0.2, -0.15) is 0 Å². The second-order valence-electron chi connectivity index (χ2n) is 18.2. The molecule has 1 amide bonds. The molecule has 0 aliphatic carbocycles. The van der Waals surface area contributed by atoms with Gasteiger partial charge >= 0.3 is 7.82 Å². The van der Waals surface area contributed by atoms with Crippen LogP contribution < -0.4 is 5.32 Å². The van der Waals surface area contributed by atoms with Crippen molar-refractivity contribution < 1.29 is 32.9 Å². The van der Waals surface area contributed by atoms with E-state index >= 15 is 0 Å². The van der Waals surface area contributed by atoms with Crippen LogP contribution in [0.15, 0.2) is 12.2 Å². The fourth-order valence-electron chi connectivity index (χ4n) is 7.34. The molecular formula is C48H98N2O6P+. The molecule has 340 valence electrons. The van der Waals surface area contributed by atoms with Crippen molar-refractivity contribution in [1.29, 1.82) is 0 Å². The van der Waals surface area contributed by atoms with Gasteiger partial charge in [0.2, 0.25) is 5.91 Å². The summed E-state index contributed by atoms with van der Waals surface area (Å²) in [5.74, 6) is -0.172. The van der Waals surface area contributed by atoms with Crippen LogP contribution in [0, 0.1) is 0 Å². The molecule has 0 rings (SSSR count). The minimum Gasteiger partial charge on any atom is -0.387 e. The number of aliphatic hydroxyl groups is 1. The highest BCUT2D eigenvalue weighted by atomic mass is 31.2. The maximum atomic E-state index is 12.9. The number of quaternary nitrogens is 1. The molecule has 8 nitrogen and oxygen atoms in total. The molecule has 0 radical (unpaired) electrons. The number of nitrogens with one attached hydrogen (secondary N) is 1. The summed E-state index contributed by atoms with van der Waals surface area (Å²) in [6.45, 7) is 4.84. The Kier molecular flexibility index (Phi) is 40.1. The Hall–Kier alpha value is -0.760.